The van der Waals surface area contributed by atoms with Crippen LogP contribution in [0.5, 0.6) is 0 Å². The Hall–Kier alpha value is -2.55. The van der Waals surface area contributed by atoms with Crippen LogP contribution in [-0.2, 0) is 7.05 Å². The fourth-order valence-electron chi connectivity index (χ4n) is 2.00. The topological polar surface area (TPSA) is 98.7 Å². The molecule has 0 spiro atoms. The van der Waals surface area contributed by atoms with E-state index in [-0.39, 0.29) is 11.6 Å². The lowest BCUT2D eigenvalue weighted by Crippen LogP contribution is -2.12. The molecule has 0 aliphatic heterocycles. The highest BCUT2D eigenvalue weighted by molar-refractivity contribution is 7.10. The van der Waals surface area contributed by atoms with Crippen LogP contribution in [0.3, 0.4) is 0 Å². The van der Waals surface area contributed by atoms with Gasteiger partial charge < -0.3 is 4.42 Å². The number of carbonyl (C=O) groups excluding carboxylic acids is 1. The molecule has 0 aromatic carbocycles. The van der Waals surface area contributed by atoms with Crippen LogP contribution >= 0.6 is 11.5 Å². The maximum absolute atomic E-state index is 12.1. The van der Waals surface area contributed by atoms with E-state index in [2.05, 4.69) is 24.8 Å². The lowest BCUT2D eigenvalue weighted by molar-refractivity contribution is 0.102. The average Bonchev–Trinajstić information content (AvgIpc) is 2.94. The average molecular weight is 316 g/mol. The third-order valence-electron chi connectivity index (χ3n) is 3.29. The normalized spacial score (nSPS) is 14.2. The fraction of sp³-hybridized carbons (Fsp3) is 0.308. The molecule has 1 aliphatic rings. The van der Waals surface area contributed by atoms with Gasteiger partial charge >= 0.3 is 0 Å². The van der Waals surface area contributed by atoms with Crippen LogP contribution in [0.25, 0.3) is 11.4 Å². The van der Waals surface area contributed by atoms with Crippen molar-refractivity contribution in [2.75, 3.05) is 5.32 Å². The first-order valence-corrected chi connectivity index (χ1v) is 7.56. The van der Waals surface area contributed by atoms with Gasteiger partial charge in [-0.2, -0.15) is 14.5 Å². The monoisotopic (exact) mass is 316 g/mol. The first-order valence-electron chi connectivity index (χ1n) is 6.78. The Kier molecular flexibility index (Phi) is 3.00. The van der Waals surface area contributed by atoms with Gasteiger partial charge in [0.15, 0.2) is 17.4 Å². The number of nitrogens with zero attached hydrogens (tertiary/aromatic N) is 5. The van der Waals surface area contributed by atoms with Gasteiger partial charge in [0, 0.05) is 30.7 Å². The van der Waals surface area contributed by atoms with Crippen LogP contribution in [0, 0.1) is 0 Å². The number of aryl methyl sites for hydroxylation is 1. The summed E-state index contributed by atoms with van der Waals surface area (Å²) in [6.45, 7) is 0. The van der Waals surface area contributed by atoms with Gasteiger partial charge in [0.1, 0.15) is 6.26 Å². The highest BCUT2D eigenvalue weighted by Gasteiger charge is 2.29. The molecule has 4 rings (SSSR count). The zero-order chi connectivity index (χ0) is 15.1. The summed E-state index contributed by atoms with van der Waals surface area (Å²) in [7, 11) is 1.82. The van der Waals surface area contributed by atoms with Crippen LogP contribution in [0.2, 0.25) is 0 Å². The molecule has 3 aromatic heterocycles. The number of amides is 1. The Morgan fingerprint density at radius 2 is 2.32 bits per heavy atom. The molecule has 9 heteroatoms. The number of oxazole rings is 1. The smallest absolute Gasteiger partial charge is 0.279 e. The second kappa shape index (κ2) is 5.02. The molecule has 3 aromatic rings. The summed E-state index contributed by atoms with van der Waals surface area (Å²) >= 11 is 1.11. The van der Waals surface area contributed by atoms with Crippen LogP contribution in [0.1, 0.15) is 35.1 Å². The second-order valence-electron chi connectivity index (χ2n) is 5.13. The van der Waals surface area contributed by atoms with E-state index in [0.717, 1.165) is 29.9 Å². The van der Waals surface area contributed by atoms with Crippen molar-refractivity contribution >= 4 is 22.6 Å². The van der Waals surface area contributed by atoms with Crippen molar-refractivity contribution in [3.63, 3.8) is 0 Å². The number of carbonyl (C=O) groups is 1. The molecule has 0 bridgehead atoms. The molecular formula is C13H12N6O2S. The van der Waals surface area contributed by atoms with Crippen LogP contribution in [-0.4, -0.2) is 30.0 Å². The van der Waals surface area contributed by atoms with Crippen molar-refractivity contribution in [3.05, 3.63) is 30.2 Å². The van der Waals surface area contributed by atoms with Crippen molar-refractivity contribution in [1.82, 2.24) is 24.1 Å². The molecule has 3 heterocycles. The van der Waals surface area contributed by atoms with Crippen molar-refractivity contribution in [2.45, 2.75) is 18.8 Å². The predicted molar refractivity (Wildman–Crippen MR) is 78.5 cm³/mol. The summed E-state index contributed by atoms with van der Waals surface area (Å²) in [6.07, 6.45) is 7.02. The SMILES string of the molecule is Cn1cc(-c2nsc(NC(=O)c3coc(C4CC4)n3)n2)cn1. The van der Waals surface area contributed by atoms with Gasteiger partial charge in [-0.15, -0.1) is 0 Å². The largest absolute Gasteiger partial charge is 0.448 e. The minimum absolute atomic E-state index is 0.264. The van der Waals surface area contributed by atoms with Gasteiger partial charge in [-0.1, -0.05) is 0 Å². The third kappa shape index (κ3) is 2.50. The lowest BCUT2D eigenvalue weighted by atomic mass is 10.3. The minimum Gasteiger partial charge on any atom is -0.448 e. The van der Waals surface area contributed by atoms with E-state index in [1.54, 1.807) is 10.9 Å². The van der Waals surface area contributed by atoms with Gasteiger partial charge in [-0.25, -0.2) is 4.98 Å². The number of rotatable bonds is 4. The number of aromatic nitrogens is 5. The van der Waals surface area contributed by atoms with Crippen molar-refractivity contribution in [1.29, 1.82) is 0 Å². The number of hydrogen-bond donors (Lipinski definition) is 1. The van der Waals surface area contributed by atoms with Gasteiger partial charge in [0.2, 0.25) is 5.13 Å². The van der Waals surface area contributed by atoms with Crippen molar-refractivity contribution < 1.29 is 9.21 Å². The molecule has 22 heavy (non-hydrogen) atoms. The zero-order valence-corrected chi connectivity index (χ0v) is 12.5. The molecular weight excluding hydrogens is 304 g/mol. The Balaban J connectivity index is 1.48. The van der Waals surface area contributed by atoms with E-state index in [0.29, 0.717) is 22.8 Å². The van der Waals surface area contributed by atoms with Gasteiger partial charge in [-0.3, -0.25) is 14.8 Å². The highest BCUT2D eigenvalue weighted by Crippen LogP contribution is 2.39. The van der Waals surface area contributed by atoms with E-state index >= 15 is 0 Å². The molecule has 1 fully saturated rings. The molecule has 8 nitrogen and oxygen atoms in total. The van der Waals surface area contributed by atoms with E-state index in [1.807, 2.05) is 13.2 Å². The van der Waals surface area contributed by atoms with Gasteiger partial charge in [0.05, 0.1) is 11.8 Å². The van der Waals surface area contributed by atoms with E-state index in [1.165, 1.54) is 6.26 Å². The first kappa shape index (κ1) is 13.1. The molecule has 0 unspecified atom stereocenters. The minimum atomic E-state index is -0.343. The molecule has 1 amide bonds. The molecule has 112 valence electrons. The molecule has 1 N–H and O–H groups in total. The first-order chi connectivity index (χ1) is 10.7. The summed E-state index contributed by atoms with van der Waals surface area (Å²) in [6, 6.07) is 0. The second-order valence-corrected chi connectivity index (χ2v) is 5.88. The fourth-order valence-corrected chi connectivity index (χ4v) is 2.58. The molecule has 0 atom stereocenters. The summed E-state index contributed by atoms with van der Waals surface area (Å²) < 4.78 is 11.2. The summed E-state index contributed by atoms with van der Waals surface area (Å²) in [4.78, 5) is 20.6. The predicted octanol–water partition coefficient (Wildman–Crippen LogP) is 2.06. The quantitative estimate of drug-likeness (QED) is 0.791. The van der Waals surface area contributed by atoms with E-state index < -0.39 is 0 Å². The maximum atomic E-state index is 12.1. The van der Waals surface area contributed by atoms with Crippen LogP contribution in [0.15, 0.2) is 23.1 Å². The molecule has 0 radical (unpaired) electrons. The third-order valence-corrected chi connectivity index (χ3v) is 3.92. The summed E-state index contributed by atoms with van der Waals surface area (Å²) in [5.74, 6) is 1.20. The van der Waals surface area contributed by atoms with Gasteiger partial charge in [-0.05, 0) is 12.8 Å². The Morgan fingerprint density at radius 1 is 1.45 bits per heavy atom. The molecule has 0 saturated heterocycles. The van der Waals surface area contributed by atoms with Crippen LogP contribution in [0.4, 0.5) is 5.13 Å². The van der Waals surface area contributed by atoms with E-state index in [4.69, 9.17) is 4.42 Å². The Bertz CT molecular complexity index is 831. The van der Waals surface area contributed by atoms with Crippen molar-refractivity contribution in [2.24, 2.45) is 7.05 Å². The maximum Gasteiger partial charge on any atom is 0.279 e. The van der Waals surface area contributed by atoms with Crippen molar-refractivity contribution in [3.8, 4) is 11.4 Å². The number of anilines is 1. The summed E-state index contributed by atoms with van der Waals surface area (Å²) in [5.41, 5.74) is 1.07. The Labute approximate surface area is 129 Å². The summed E-state index contributed by atoms with van der Waals surface area (Å²) in [5, 5.41) is 7.17. The zero-order valence-electron chi connectivity index (χ0n) is 11.7. The van der Waals surface area contributed by atoms with Crippen LogP contribution < -0.4 is 5.32 Å². The number of hydrogen-bond acceptors (Lipinski definition) is 7. The highest BCUT2D eigenvalue weighted by atomic mass is 32.1. The lowest BCUT2D eigenvalue weighted by Gasteiger charge is -1.95. The molecule has 1 aliphatic carbocycles. The van der Waals surface area contributed by atoms with Gasteiger partial charge in [0.25, 0.3) is 5.91 Å². The van der Waals surface area contributed by atoms with E-state index in [9.17, 15) is 4.79 Å². The standard InChI is InChI=1S/C13H12N6O2S/c1-19-5-8(4-14-19)10-16-13(22-18-10)17-11(20)9-6-21-12(15-9)7-2-3-7/h4-7H,2-3H2,1H3,(H,16,17,18,20). The molecule has 1 saturated carbocycles. The Morgan fingerprint density at radius 3 is 3.05 bits per heavy atom. The number of nitrogens with one attached hydrogen (secondary N) is 1.